The zero-order chi connectivity index (χ0) is 15.9. The van der Waals surface area contributed by atoms with E-state index in [1.165, 1.54) is 0 Å². The molecule has 0 aromatic rings. The van der Waals surface area contributed by atoms with Crippen LogP contribution in [0, 0.1) is 0 Å². The Hall–Kier alpha value is -0.280. The van der Waals surface area contributed by atoms with Crippen molar-refractivity contribution in [2.45, 2.75) is 51.1 Å². The second-order valence-corrected chi connectivity index (χ2v) is 4.87. The summed E-state index contributed by atoms with van der Waals surface area (Å²) in [5, 5.41) is 32.4. The lowest BCUT2D eigenvalue weighted by Gasteiger charge is -1.95. The van der Waals surface area contributed by atoms with E-state index in [0.29, 0.717) is 18.6 Å². The van der Waals surface area contributed by atoms with Gasteiger partial charge in [-0.2, -0.15) is 0 Å². The molecule has 2 aliphatic rings. The summed E-state index contributed by atoms with van der Waals surface area (Å²) in [6.07, 6.45) is 2.44. The van der Waals surface area contributed by atoms with Gasteiger partial charge in [0, 0.05) is 13.2 Å². The van der Waals surface area contributed by atoms with Crippen molar-refractivity contribution >= 4 is 0 Å². The standard InChI is InChI=1S/C6H10O3.2C4H10O2/c1(5-3-8-5)7-2-6-4-9-6;1-2-3-4(5)6;5-3-1-2-4-6/h5-6H,1-4H2;4-6H,2-3H2,1H3;5-6H,1-4H2. The maximum absolute atomic E-state index is 8.11. The van der Waals surface area contributed by atoms with Crippen molar-refractivity contribution in [1.82, 2.24) is 0 Å². The summed E-state index contributed by atoms with van der Waals surface area (Å²) in [4.78, 5) is 0. The first kappa shape index (κ1) is 20.7. The minimum Gasteiger partial charge on any atom is -0.396 e. The van der Waals surface area contributed by atoms with E-state index in [4.69, 9.17) is 34.6 Å². The summed E-state index contributed by atoms with van der Waals surface area (Å²) in [5.74, 6) is 0. The molecule has 0 aromatic carbocycles. The molecule has 128 valence electrons. The second kappa shape index (κ2) is 14.6. The number of epoxide rings is 2. The van der Waals surface area contributed by atoms with Crippen LogP contribution in [0.25, 0.3) is 0 Å². The van der Waals surface area contributed by atoms with Gasteiger partial charge in [0.15, 0.2) is 6.29 Å². The summed E-state index contributed by atoms with van der Waals surface area (Å²) in [6, 6.07) is 0. The third kappa shape index (κ3) is 19.7. The number of aliphatic hydroxyl groups excluding tert-OH is 3. The van der Waals surface area contributed by atoms with Gasteiger partial charge in [0.25, 0.3) is 0 Å². The van der Waals surface area contributed by atoms with Crippen LogP contribution in [0.5, 0.6) is 0 Å². The van der Waals surface area contributed by atoms with E-state index in [1.807, 2.05) is 6.92 Å². The monoisotopic (exact) mass is 310 g/mol. The summed E-state index contributed by atoms with van der Waals surface area (Å²) >= 11 is 0. The molecule has 2 rings (SSSR count). The highest BCUT2D eigenvalue weighted by Gasteiger charge is 2.26. The molecule has 0 radical (unpaired) electrons. The molecule has 2 fully saturated rings. The SMILES string of the molecule is C(OCC1CO1)C1CO1.CCCC(O)O.OCCCCO. The van der Waals surface area contributed by atoms with Crippen LogP contribution >= 0.6 is 0 Å². The molecule has 2 aliphatic heterocycles. The molecule has 7 nitrogen and oxygen atoms in total. The third-order valence-corrected chi connectivity index (χ3v) is 2.53. The van der Waals surface area contributed by atoms with Crippen molar-refractivity contribution in [3.63, 3.8) is 0 Å². The predicted octanol–water partition coefficient (Wildman–Crippen LogP) is -0.351. The fourth-order valence-corrected chi connectivity index (χ4v) is 1.14. The molecule has 0 aliphatic carbocycles. The fourth-order valence-electron chi connectivity index (χ4n) is 1.14. The zero-order valence-corrected chi connectivity index (χ0v) is 12.8. The lowest BCUT2D eigenvalue weighted by molar-refractivity contribution is -0.0453. The van der Waals surface area contributed by atoms with Crippen LogP contribution in [-0.2, 0) is 14.2 Å². The van der Waals surface area contributed by atoms with Crippen LogP contribution in [0.15, 0.2) is 0 Å². The largest absolute Gasteiger partial charge is 0.396 e. The molecule has 2 saturated heterocycles. The minimum absolute atomic E-state index is 0.195. The smallest absolute Gasteiger partial charge is 0.151 e. The van der Waals surface area contributed by atoms with Gasteiger partial charge in [0.1, 0.15) is 12.2 Å². The van der Waals surface area contributed by atoms with Gasteiger partial charge in [0.2, 0.25) is 0 Å². The summed E-state index contributed by atoms with van der Waals surface area (Å²) in [5.41, 5.74) is 0. The van der Waals surface area contributed by atoms with Crippen LogP contribution in [0.1, 0.15) is 32.6 Å². The van der Waals surface area contributed by atoms with Crippen LogP contribution in [-0.4, -0.2) is 78.6 Å². The first-order valence-corrected chi connectivity index (χ1v) is 7.52. The van der Waals surface area contributed by atoms with E-state index >= 15 is 0 Å². The molecule has 0 aromatic heterocycles. The van der Waals surface area contributed by atoms with Crippen molar-refractivity contribution < 1.29 is 34.6 Å². The molecule has 2 heterocycles. The van der Waals surface area contributed by atoms with Crippen molar-refractivity contribution in [1.29, 1.82) is 0 Å². The molecule has 7 heteroatoms. The van der Waals surface area contributed by atoms with Gasteiger partial charge in [-0.3, -0.25) is 0 Å². The Morgan fingerprint density at radius 1 is 1.00 bits per heavy atom. The Balaban J connectivity index is 0.000000300. The number of ether oxygens (including phenoxy) is 3. The van der Waals surface area contributed by atoms with Crippen molar-refractivity contribution in [2.24, 2.45) is 0 Å². The highest BCUT2D eigenvalue weighted by molar-refractivity contribution is 4.71. The van der Waals surface area contributed by atoms with Gasteiger partial charge in [-0.05, 0) is 19.3 Å². The first-order chi connectivity index (χ1) is 10.1. The average Bonchev–Trinajstić information content (AvgIpc) is 3.32. The summed E-state index contributed by atoms with van der Waals surface area (Å²) in [7, 11) is 0. The van der Waals surface area contributed by atoms with Gasteiger partial charge in [0.05, 0.1) is 26.4 Å². The molecule has 0 bridgehead atoms. The molecule has 0 saturated carbocycles. The third-order valence-electron chi connectivity index (χ3n) is 2.53. The highest BCUT2D eigenvalue weighted by atomic mass is 16.6. The van der Waals surface area contributed by atoms with Crippen molar-refractivity contribution in [2.75, 3.05) is 39.6 Å². The Morgan fingerprint density at radius 2 is 1.43 bits per heavy atom. The number of hydrogen-bond donors (Lipinski definition) is 4. The Kier molecular flexibility index (Phi) is 14.5. The van der Waals surface area contributed by atoms with Gasteiger partial charge in [-0.25, -0.2) is 0 Å². The number of unbranched alkanes of at least 4 members (excludes halogenated alkanes) is 1. The number of aliphatic hydroxyl groups is 4. The normalized spacial score (nSPS) is 22.0. The Morgan fingerprint density at radius 3 is 1.62 bits per heavy atom. The van der Waals surface area contributed by atoms with Crippen molar-refractivity contribution in [3.8, 4) is 0 Å². The second-order valence-electron chi connectivity index (χ2n) is 4.87. The van der Waals surface area contributed by atoms with E-state index in [9.17, 15) is 0 Å². The zero-order valence-electron chi connectivity index (χ0n) is 12.8. The molecule has 21 heavy (non-hydrogen) atoms. The van der Waals surface area contributed by atoms with Crippen LogP contribution < -0.4 is 0 Å². The molecular formula is C14H30O7. The summed E-state index contributed by atoms with van der Waals surface area (Å²) in [6.45, 7) is 5.55. The molecule has 2 atom stereocenters. The van der Waals surface area contributed by atoms with Crippen LogP contribution in [0.3, 0.4) is 0 Å². The topological polar surface area (TPSA) is 115 Å². The van der Waals surface area contributed by atoms with E-state index in [1.54, 1.807) is 0 Å². The first-order valence-electron chi connectivity index (χ1n) is 7.52. The average molecular weight is 310 g/mol. The van der Waals surface area contributed by atoms with Gasteiger partial charge < -0.3 is 34.6 Å². The van der Waals surface area contributed by atoms with Crippen LogP contribution in [0.2, 0.25) is 0 Å². The van der Waals surface area contributed by atoms with Gasteiger partial charge in [-0.15, -0.1) is 0 Å². The van der Waals surface area contributed by atoms with Crippen molar-refractivity contribution in [3.05, 3.63) is 0 Å². The molecular weight excluding hydrogens is 280 g/mol. The Labute approximate surface area is 126 Å². The van der Waals surface area contributed by atoms with Gasteiger partial charge in [-0.1, -0.05) is 13.3 Å². The minimum atomic E-state index is -1.10. The summed E-state index contributed by atoms with van der Waals surface area (Å²) < 4.78 is 15.1. The maximum Gasteiger partial charge on any atom is 0.151 e. The van der Waals surface area contributed by atoms with E-state index in [2.05, 4.69) is 0 Å². The molecule has 2 unspecified atom stereocenters. The maximum atomic E-state index is 8.11. The lowest BCUT2D eigenvalue weighted by atomic mass is 10.3. The quantitative estimate of drug-likeness (QED) is 0.261. The molecule has 4 N–H and O–H groups in total. The van der Waals surface area contributed by atoms with E-state index in [0.717, 1.165) is 45.7 Å². The number of hydrogen-bond acceptors (Lipinski definition) is 7. The molecule has 0 spiro atoms. The van der Waals surface area contributed by atoms with E-state index in [-0.39, 0.29) is 13.2 Å². The molecule has 0 amide bonds. The Bertz CT molecular complexity index is 189. The highest BCUT2D eigenvalue weighted by Crippen LogP contribution is 2.12. The fraction of sp³-hybridized carbons (Fsp3) is 1.00. The van der Waals surface area contributed by atoms with Crippen LogP contribution in [0.4, 0.5) is 0 Å². The van der Waals surface area contributed by atoms with Gasteiger partial charge >= 0.3 is 0 Å². The van der Waals surface area contributed by atoms with E-state index < -0.39 is 6.29 Å². The number of rotatable bonds is 9. The lowest BCUT2D eigenvalue weighted by Crippen LogP contribution is -2.06. The predicted molar refractivity (Wildman–Crippen MR) is 76.8 cm³/mol.